The van der Waals surface area contributed by atoms with Gasteiger partial charge in [0.25, 0.3) is 0 Å². The molecule has 0 heterocycles. The molecule has 1 heteroatoms. The van der Waals surface area contributed by atoms with Gasteiger partial charge < -0.3 is 0 Å². The van der Waals surface area contributed by atoms with Crippen molar-refractivity contribution in [3.05, 3.63) is 34.9 Å². The summed E-state index contributed by atoms with van der Waals surface area (Å²) in [6.07, 6.45) is 6.63. The number of nitrogens with zero attached hydrogens (tertiary/aromatic N) is 1. The molecule has 19 heavy (non-hydrogen) atoms. The summed E-state index contributed by atoms with van der Waals surface area (Å²) in [5, 5.41) is 0. The Balaban J connectivity index is 2.89. The van der Waals surface area contributed by atoms with Crippen molar-refractivity contribution in [3.63, 3.8) is 0 Å². The van der Waals surface area contributed by atoms with E-state index in [9.17, 15) is 0 Å². The Bertz CT molecular complexity index is 382. The summed E-state index contributed by atoms with van der Waals surface area (Å²) in [6.45, 7) is 11.1. The monoisotopic (exact) mass is 259 g/mol. The van der Waals surface area contributed by atoms with Crippen LogP contribution in [-0.2, 0) is 6.42 Å². The third-order valence-electron chi connectivity index (χ3n) is 3.80. The fraction of sp³-hybridized carbons (Fsp3) is 0.611. The van der Waals surface area contributed by atoms with Crippen LogP contribution < -0.4 is 0 Å². The lowest BCUT2D eigenvalue weighted by atomic mass is 9.89. The molecule has 0 saturated heterocycles. The van der Waals surface area contributed by atoms with Crippen molar-refractivity contribution in [2.75, 3.05) is 0 Å². The smallest absolute Gasteiger partial charge is 0.0563 e. The van der Waals surface area contributed by atoms with Crippen molar-refractivity contribution in [3.8, 4) is 0 Å². The Morgan fingerprint density at radius 1 is 1.00 bits per heavy atom. The van der Waals surface area contributed by atoms with E-state index in [0.29, 0.717) is 12.0 Å². The third kappa shape index (κ3) is 5.18. The van der Waals surface area contributed by atoms with Crippen LogP contribution in [-0.4, -0.2) is 12.3 Å². The fourth-order valence-corrected chi connectivity index (χ4v) is 2.84. The SMILES string of the molecule is CCC=NC(Cc1cc(C)cc(C)c1)C(CC)CC. The van der Waals surface area contributed by atoms with Gasteiger partial charge in [-0.1, -0.05) is 62.9 Å². The van der Waals surface area contributed by atoms with E-state index in [0.717, 1.165) is 12.8 Å². The van der Waals surface area contributed by atoms with Crippen molar-refractivity contribution < 1.29 is 0 Å². The van der Waals surface area contributed by atoms with Crippen LogP contribution in [0.4, 0.5) is 0 Å². The third-order valence-corrected chi connectivity index (χ3v) is 3.80. The molecule has 0 amide bonds. The molecule has 1 unspecified atom stereocenters. The molecular formula is C18H29N. The molecule has 1 nitrogen and oxygen atoms in total. The van der Waals surface area contributed by atoms with E-state index in [4.69, 9.17) is 4.99 Å². The quantitative estimate of drug-likeness (QED) is 0.602. The Morgan fingerprint density at radius 3 is 2.05 bits per heavy atom. The first-order valence-corrected chi connectivity index (χ1v) is 7.69. The lowest BCUT2D eigenvalue weighted by Crippen LogP contribution is -2.20. The molecule has 0 aliphatic rings. The van der Waals surface area contributed by atoms with Crippen molar-refractivity contribution in [1.29, 1.82) is 0 Å². The first-order chi connectivity index (χ1) is 9.10. The largest absolute Gasteiger partial charge is 0.294 e. The minimum Gasteiger partial charge on any atom is -0.294 e. The van der Waals surface area contributed by atoms with E-state index in [-0.39, 0.29) is 0 Å². The minimum absolute atomic E-state index is 0.441. The lowest BCUT2D eigenvalue weighted by molar-refractivity contribution is 0.396. The van der Waals surface area contributed by atoms with Gasteiger partial charge in [0.05, 0.1) is 6.04 Å². The molecule has 0 aromatic heterocycles. The predicted octanol–water partition coefficient (Wildman–Crippen LogP) is 5.13. The van der Waals surface area contributed by atoms with Gasteiger partial charge in [0.1, 0.15) is 0 Å². The molecule has 0 radical (unpaired) electrons. The highest BCUT2D eigenvalue weighted by molar-refractivity contribution is 5.56. The predicted molar refractivity (Wildman–Crippen MR) is 86.3 cm³/mol. The number of benzene rings is 1. The highest BCUT2D eigenvalue weighted by Crippen LogP contribution is 2.21. The molecule has 0 N–H and O–H groups in total. The second-order valence-corrected chi connectivity index (χ2v) is 5.58. The molecule has 0 aliphatic heterocycles. The van der Waals surface area contributed by atoms with Crippen LogP contribution in [0.2, 0.25) is 0 Å². The van der Waals surface area contributed by atoms with E-state index < -0.39 is 0 Å². The van der Waals surface area contributed by atoms with Gasteiger partial charge in [0, 0.05) is 0 Å². The molecule has 1 aromatic carbocycles. The Labute approximate surface area is 119 Å². The van der Waals surface area contributed by atoms with E-state index in [1.165, 1.54) is 29.5 Å². The van der Waals surface area contributed by atoms with E-state index in [1.54, 1.807) is 0 Å². The zero-order valence-electron chi connectivity index (χ0n) is 13.2. The van der Waals surface area contributed by atoms with E-state index in [2.05, 4.69) is 59.0 Å². The van der Waals surface area contributed by atoms with Gasteiger partial charge in [-0.3, -0.25) is 4.99 Å². The highest BCUT2D eigenvalue weighted by Gasteiger charge is 2.17. The molecule has 0 aliphatic carbocycles. The van der Waals surface area contributed by atoms with Crippen molar-refractivity contribution in [2.45, 2.75) is 66.3 Å². The number of hydrogen-bond donors (Lipinski definition) is 0. The summed E-state index contributed by atoms with van der Waals surface area (Å²) in [6, 6.07) is 7.30. The topological polar surface area (TPSA) is 12.4 Å². The Morgan fingerprint density at radius 2 is 1.58 bits per heavy atom. The molecule has 1 rings (SSSR count). The standard InChI is InChI=1S/C18H29N/c1-6-9-19-18(17(7-2)8-3)13-16-11-14(4)10-15(5)12-16/h9-12,17-18H,6-8,13H2,1-5H3. The van der Waals surface area contributed by atoms with Gasteiger partial charge in [0.15, 0.2) is 0 Å². The Hall–Kier alpha value is -1.11. The Kier molecular flexibility index (Phi) is 6.83. The van der Waals surface area contributed by atoms with Crippen LogP contribution in [0.5, 0.6) is 0 Å². The molecule has 1 atom stereocenters. The van der Waals surface area contributed by atoms with Gasteiger partial charge in [-0.05, 0) is 44.4 Å². The maximum Gasteiger partial charge on any atom is 0.0563 e. The summed E-state index contributed by atoms with van der Waals surface area (Å²) >= 11 is 0. The van der Waals surface area contributed by atoms with Crippen molar-refractivity contribution in [2.24, 2.45) is 10.9 Å². The molecule has 0 spiro atoms. The summed E-state index contributed by atoms with van der Waals surface area (Å²) in [5.41, 5.74) is 4.15. The van der Waals surface area contributed by atoms with Crippen LogP contribution >= 0.6 is 0 Å². The maximum atomic E-state index is 4.81. The summed E-state index contributed by atoms with van der Waals surface area (Å²) in [5.74, 6) is 0.698. The molecule has 0 fully saturated rings. The first-order valence-electron chi connectivity index (χ1n) is 7.69. The highest BCUT2D eigenvalue weighted by atomic mass is 14.8. The zero-order chi connectivity index (χ0) is 14.3. The molecule has 0 bridgehead atoms. The second kappa shape index (κ2) is 8.14. The van der Waals surface area contributed by atoms with Crippen molar-refractivity contribution in [1.82, 2.24) is 0 Å². The number of hydrogen-bond acceptors (Lipinski definition) is 1. The van der Waals surface area contributed by atoms with Gasteiger partial charge in [-0.25, -0.2) is 0 Å². The average Bonchev–Trinajstić information content (AvgIpc) is 2.35. The summed E-state index contributed by atoms with van der Waals surface area (Å²) in [7, 11) is 0. The zero-order valence-corrected chi connectivity index (χ0v) is 13.2. The normalized spacial score (nSPS) is 13.4. The van der Waals surface area contributed by atoms with Crippen LogP contribution in [0, 0.1) is 19.8 Å². The fourth-order valence-electron chi connectivity index (χ4n) is 2.84. The summed E-state index contributed by atoms with van der Waals surface area (Å²) in [4.78, 5) is 4.81. The van der Waals surface area contributed by atoms with E-state index in [1.807, 2.05) is 0 Å². The number of aryl methyl sites for hydroxylation is 2. The lowest BCUT2D eigenvalue weighted by Gasteiger charge is -2.22. The molecule has 106 valence electrons. The molecular weight excluding hydrogens is 230 g/mol. The van der Waals surface area contributed by atoms with Crippen LogP contribution in [0.25, 0.3) is 0 Å². The minimum atomic E-state index is 0.441. The second-order valence-electron chi connectivity index (χ2n) is 5.58. The molecule has 1 aromatic rings. The number of rotatable bonds is 7. The van der Waals surface area contributed by atoms with Crippen molar-refractivity contribution >= 4 is 6.21 Å². The van der Waals surface area contributed by atoms with Crippen LogP contribution in [0.1, 0.15) is 56.7 Å². The van der Waals surface area contributed by atoms with E-state index >= 15 is 0 Å². The first kappa shape index (κ1) is 15.9. The maximum absolute atomic E-state index is 4.81. The van der Waals surface area contributed by atoms with Gasteiger partial charge in [-0.15, -0.1) is 0 Å². The summed E-state index contributed by atoms with van der Waals surface area (Å²) < 4.78 is 0. The number of aliphatic imine (C=N–C) groups is 1. The average molecular weight is 259 g/mol. The van der Waals surface area contributed by atoms with Gasteiger partial charge >= 0.3 is 0 Å². The molecule has 0 saturated carbocycles. The van der Waals surface area contributed by atoms with Gasteiger partial charge in [-0.2, -0.15) is 0 Å². The van der Waals surface area contributed by atoms with Crippen LogP contribution in [0.3, 0.4) is 0 Å². The van der Waals surface area contributed by atoms with Gasteiger partial charge in [0.2, 0.25) is 0 Å². The van der Waals surface area contributed by atoms with Crippen LogP contribution in [0.15, 0.2) is 23.2 Å².